The number of hydrogen-bond acceptors (Lipinski definition) is 5. The van der Waals surface area contributed by atoms with Crippen molar-refractivity contribution >= 4 is 5.91 Å². The molecule has 1 aliphatic rings. The van der Waals surface area contributed by atoms with E-state index in [9.17, 15) is 9.90 Å². The van der Waals surface area contributed by atoms with Crippen molar-refractivity contribution in [3.05, 3.63) is 82.7 Å². The lowest BCUT2D eigenvalue weighted by molar-refractivity contribution is 0.0931. The Balaban J connectivity index is 1.55. The van der Waals surface area contributed by atoms with Crippen LogP contribution in [0.4, 0.5) is 0 Å². The molecule has 0 saturated heterocycles. The molecular weight excluding hydrogens is 404 g/mol. The van der Waals surface area contributed by atoms with Crippen molar-refractivity contribution in [2.75, 3.05) is 20.3 Å². The van der Waals surface area contributed by atoms with Crippen LogP contribution in [0.2, 0.25) is 0 Å². The van der Waals surface area contributed by atoms with Crippen molar-refractivity contribution in [2.24, 2.45) is 0 Å². The van der Waals surface area contributed by atoms with E-state index in [4.69, 9.17) is 4.74 Å². The molecule has 3 aromatic rings. The van der Waals surface area contributed by atoms with Gasteiger partial charge in [0.05, 0.1) is 26.3 Å². The second-order valence-electron chi connectivity index (χ2n) is 8.14. The lowest BCUT2D eigenvalue weighted by Crippen LogP contribution is -2.33. The first kappa shape index (κ1) is 22.0. The molecule has 1 amide bonds. The van der Waals surface area contributed by atoms with Gasteiger partial charge in [-0.25, -0.2) is 0 Å². The Labute approximate surface area is 188 Å². The zero-order valence-electron chi connectivity index (χ0n) is 18.6. The summed E-state index contributed by atoms with van der Waals surface area (Å²) in [4.78, 5) is 15.5. The third kappa shape index (κ3) is 4.84. The molecule has 7 nitrogen and oxygen atoms in total. The number of ether oxygens (including phenoxy) is 1. The van der Waals surface area contributed by atoms with Gasteiger partial charge < -0.3 is 15.2 Å². The van der Waals surface area contributed by atoms with E-state index in [0.717, 1.165) is 42.1 Å². The normalized spacial score (nSPS) is 14.6. The number of aromatic nitrogens is 2. The molecule has 1 atom stereocenters. The van der Waals surface area contributed by atoms with Gasteiger partial charge in [0.1, 0.15) is 5.75 Å². The van der Waals surface area contributed by atoms with Crippen molar-refractivity contribution in [3.8, 4) is 5.75 Å². The lowest BCUT2D eigenvalue weighted by Gasteiger charge is -2.28. The zero-order chi connectivity index (χ0) is 22.5. The smallest absolute Gasteiger partial charge is 0.272 e. The Kier molecular flexibility index (Phi) is 6.87. The first-order chi connectivity index (χ1) is 15.6. The summed E-state index contributed by atoms with van der Waals surface area (Å²) < 4.78 is 7.14. The van der Waals surface area contributed by atoms with Gasteiger partial charge in [0.2, 0.25) is 0 Å². The molecule has 32 heavy (non-hydrogen) atoms. The van der Waals surface area contributed by atoms with Gasteiger partial charge >= 0.3 is 0 Å². The number of aliphatic hydroxyl groups is 1. The monoisotopic (exact) mass is 434 g/mol. The molecule has 1 aliphatic heterocycles. The van der Waals surface area contributed by atoms with E-state index in [-0.39, 0.29) is 18.6 Å². The summed E-state index contributed by atoms with van der Waals surface area (Å²) in [5, 5.41) is 17.2. The third-order valence-corrected chi connectivity index (χ3v) is 5.93. The largest absolute Gasteiger partial charge is 0.497 e. The highest BCUT2D eigenvalue weighted by atomic mass is 16.5. The van der Waals surface area contributed by atoms with Crippen LogP contribution >= 0.6 is 0 Å². The van der Waals surface area contributed by atoms with E-state index >= 15 is 0 Å². The summed E-state index contributed by atoms with van der Waals surface area (Å²) in [6.45, 7) is 4.62. The molecule has 1 aromatic heterocycles. The maximum atomic E-state index is 13.2. The minimum Gasteiger partial charge on any atom is -0.497 e. The number of nitrogens with zero attached hydrogens (tertiary/aromatic N) is 3. The SMILES string of the molecule is COc1cccc(CN2CCc3c(c(C(=O)NC(C)c4ccccc4)nn3CCO)C2)c1. The summed E-state index contributed by atoms with van der Waals surface area (Å²) in [7, 11) is 1.67. The van der Waals surface area contributed by atoms with Crippen LogP contribution in [0.5, 0.6) is 5.75 Å². The van der Waals surface area contributed by atoms with Gasteiger partial charge in [0, 0.05) is 37.3 Å². The molecule has 7 heteroatoms. The average molecular weight is 435 g/mol. The van der Waals surface area contributed by atoms with E-state index in [1.807, 2.05) is 55.5 Å². The number of carbonyl (C=O) groups is 1. The van der Waals surface area contributed by atoms with Crippen LogP contribution < -0.4 is 10.1 Å². The summed E-state index contributed by atoms with van der Waals surface area (Å²) in [6.07, 6.45) is 0.786. The molecule has 0 fully saturated rings. The Morgan fingerprint density at radius 1 is 1.22 bits per heavy atom. The highest BCUT2D eigenvalue weighted by molar-refractivity contribution is 5.94. The summed E-state index contributed by atoms with van der Waals surface area (Å²) in [5.74, 6) is 0.656. The second kappa shape index (κ2) is 9.97. The molecule has 4 rings (SSSR count). The van der Waals surface area contributed by atoms with Gasteiger partial charge in [0.25, 0.3) is 5.91 Å². The van der Waals surface area contributed by atoms with Crippen molar-refractivity contribution in [1.82, 2.24) is 20.0 Å². The molecule has 1 unspecified atom stereocenters. The van der Waals surface area contributed by atoms with Gasteiger partial charge in [-0.3, -0.25) is 14.4 Å². The molecule has 0 saturated carbocycles. The van der Waals surface area contributed by atoms with Gasteiger partial charge in [-0.05, 0) is 30.2 Å². The Bertz CT molecular complexity index is 1060. The van der Waals surface area contributed by atoms with Gasteiger partial charge in [-0.1, -0.05) is 42.5 Å². The van der Waals surface area contributed by atoms with Crippen LogP contribution in [0.25, 0.3) is 0 Å². The van der Waals surface area contributed by atoms with E-state index < -0.39 is 0 Å². The molecule has 2 N–H and O–H groups in total. The maximum Gasteiger partial charge on any atom is 0.272 e. The van der Waals surface area contributed by atoms with Crippen LogP contribution in [0.1, 0.15) is 45.8 Å². The Morgan fingerprint density at radius 3 is 2.78 bits per heavy atom. The van der Waals surface area contributed by atoms with Crippen LogP contribution in [0.15, 0.2) is 54.6 Å². The number of aliphatic hydroxyl groups excluding tert-OH is 1. The van der Waals surface area contributed by atoms with E-state index in [0.29, 0.717) is 18.8 Å². The molecule has 0 aliphatic carbocycles. The predicted octanol–water partition coefficient (Wildman–Crippen LogP) is 2.93. The second-order valence-corrected chi connectivity index (χ2v) is 8.14. The summed E-state index contributed by atoms with van der Waals surface area (Å²) in [6, 6.07) is 17.8. The van der Waals surface area contributed by atoms with Gasteiger partial charge in [0.15, 0.2) is 5.69 Å². The lowest BCUT2D eigenvalue weighted by atomic mass is 10.0. The zero-order valence-corrected chi connectivity index (χ0v) is 18.6. The fourth-order valence-electron chi connectivity index (χ4n) is 4.26. The van der Waals surface area contributed by atoms with Crippen LogP contribution in [0, 0.1) is 0 Å². The number of carbonyl (C=O) groups excluding carboxylic acids is 1. The Hall–Kier alpha value is -3.16. The van der Waals surface area contributed by atoms with Gasteiger partial charge in [-0.2, -0.15) is 5.10 Å². The molecule has 2 heterocycles. The number of methoxy groups -OCH3 is 1. The van der Waals surface area contributed by atoms with Crippen molar-refractivity contribution in [1.29, 1.82) is 0 Å². The number of rotatable bonds is 8. The Morgan fingerprint density at radius 2 is 2.03 bits per heavy atom. The quantitative estimate of drug-likeness (QED) is 0.570. The topological polar surface area (TPSA) is 79.6 Å². The van der Waals surface area contributed by atoms with Crippen LogP contribution in [-0.4, -0.2) is 46.0 Å². The standard InChI is InChI=1S/C25H30N4O3/c1-18(20-8-4-3-5-9-20)26-25(31)24-22-17-28(12-11-23(22)29(27-24)13-14-30)16-19-7-6-10-21(15-19)32-2/h3-10,15,18,30H,11-14,16-17H2,1-2H3,(H,26,31). The third-order valence-electron chi connectivity index (χ3n) is 5.93. The highest BCUT2D eigenvalue weighted by Gasteiger charge is 2.28. The number of nitrogens with one attached hydrogen (secondary N) is 1. The van der Waals surface area contributed by atoms with E-state index in [1.165, 1.54) is 5.56 Å². The van der Waals surface area contributed by atoms with Crippen LogP contribution in [0.3, 0.4) is 0 Å². The molecule has 2 aromatic carbocycles. The fraction of sp³-hybridized carbons (Fsp3) is 0.360. The van der Waals surface area contributed by atoms with Crippen molar-refractivity contribution in [2.45, 2.75) is 39.0 Å². The summed E-state index contributed by atoms with van der Waals surface area (Å²) >= 11 is 0. The van der Waals surface area contributed by atoms with E-state index in [1.54, 1.807) is 11.8 Å². The molecule has 0 radical (unpaired) electrons. The minimum absolute atomic E-state index is 0.0108. The fourth-order valence-corrected chi connectivity index (χ4v) is 4.26. The highest BCUT2D eigenvalue weighted by Crippen LogP contribution is 2.25. The maximum absolute atomic E-state index is 13.2. The molecule has 168 valence electrons. The summed E-state index contributed by atoms with van der Waals surface area (Å²) in [5.41, 5.74) is 4.65. The number of amides is 1. The molecule has 0 spiro atoms. The number of hydrogen-bond donors (Lipinski definition) is 2. The van der Waals surface area contributed by atoms with Gasteiger partial charge in [-0.15, -0.1) is 0 Å². The first-order valence-corrected chi connectivity index (χ1v) is 11.0. The van der Waals surface area contributed by atoms with Crippen molar-refractivity contribution < 1.29 is 14.6 Å². The van der Waals surface area contributed by atoms with E-state index in [2.05, 4.69) is 21.4 Å². The predicted molar refractivity (Wildman–Crippen MR) is 122 cm³/mol. The molecule has 0 bridgehead atoms. The first-order valence-electron chi connectivity index (χ1n) is 11.0. The molecular formula is C25H30N4O3. The average Bonchev–Trinajstić information content (AvgIpc) is 3.18. The minimum atomic E-state index is -0.183. The van der Waals surface area contributed by atoms with Crippen LogP contribution in [-0.2, 0) is 26.1 Å². The number of benzene rings is 2. The number of fused-ring (bicyclic) bond motifs is 1. The van der Waals surface area contributed by atoms with Crippen molar-refractivity contribution in [3.63, 3.8) is 0 Å².